The van der Waals surface area contributed by atoms with Crippen molar-refractivity contribution in [2.24, 2.45) is 0 Å². The van der Waals surface area contributed by atoms with E-state index in [9.17, 15) is 26.8 Å². The van der Waals surface area contributed by atoms with E-state index in [1.54, 1.807) is 12.1 Å². The summed E-state index contributed by atoms with van der Waals surface area (Å²) in [5, 5.41) is 4.98. The number of benzene rings is 2. The number of carbonyl (C=O) groups excluding carboxylic acids is 2. The Hall–Kier alpha value is -2.50. The number of nitrogens with one attached hydrogen (secondary N) is 2. The highest BCUT2D eigenvalue weighted by atomic mass is 32.2. The fourth-order valence-electron chi connectivity index (χ4n) is 2.34. The Morgan fingerprint density at radius 3 is 2.28 bits per heavy atom. The summed E-state index contributed by atoms with van der Waals surface area (Å²) in [6.07, 6.45) is 0. The maximum absolute atomic E-state index is 12.6. The van der Waals surface area contributed by atoms with Gasteiger partial charge in [0.05, 0.1) is 17.1 Å². The molecule has 2 N–H and O–H groups in total. The molecule has 0 saturated carbocycles. The van der Waals surface area contributed by atoms with Crippen LogP contribution in [0.3, 0.4) is 0 Å². The summed E-state index contributed by atoms with van der Waals surface area (Å²) < 4.78 is 51.3. The number of carbonyl (C=O) groups is 2. The fraction of sp³-hybridized carbons (Fsp3) is 0.222. The molecule has 7 nitrogen and oxygen atoms in total. The van der Waals surface area contributed by atoms with E-state index in [4.69, 9.17) is 0 Å². The Morgan fingerprint density at radius 1 is 1.07 bits per heavy atom. The van der Waals surface area contributed by atoms with Crippen molar-refractivity contribution in [2.45, 2.75) is 22.5 Å². The first kappa shape index (κ1) is 22.8. The first-order valence-electron chi connectivity index (χ1n) is 8.27. The van der Waals surface area contributed by atoms with Crippen molar-refractivity contribution >= 4 is 45.0 Å². The molecule has 11 heteroatoms. The second-order valence-corrected chi connectivity index (χ2v) is 8.97. The Bertz CT molecular complexity index is 983. The standard InChI is InChI=1S/C18H19F2N3O4S2/c1-12(24)21-13-7-9-14(10-8-13)29(26,27)23(2)11-17(25)22-15-5-3-4-6-16(15)28-18(19)20/h3-10,18H,11H2,1-2H3,(H,21,24)(H,22,25). The molecule has 0 aliphatic carbocycles. The number of para-hydroxylation sites is 1. The smallest absolute Gasteiger partial charge is 0.288 e. The van der Waals surface area contributed by atoms with Gasteiger partial charge in [-0.2, -0.15) is 13.1 Å². The monoisotopic (exact) mass is 443 g/mol. The molecule has 2 rings (SSSR count). The van der Waals surface area contributed by atoms with Gasteiger partial charge in [0.15, 0.2) is 0 Å². The van der Waals surface area contributed by atoms with E-state index in [2.05, 4.69) is 10.6 Å². The van der Waals surface area contributed by atoms with Gasteiger partial charge in [-0.25, -0.2) is 8.42 Å². The van der Waals surface area contributed by atoms with E-state index in [-0.39, 0.29) is 33.1 Å². The predicted molar refractivity (Wildman–Crippen MR) is 107 cm³/mol. The zero-order chi connectivity index (χ0) is 21.6. The number of hydrogen-bond donors (Lipinski definition) is 2. The Kier molecular flexibility index (Phi) is 7.71. The second-order valence-electron chi connectivity index (χ2n) is 5.89. The van der Waals surface area contributed by atoms with Gasteiger partial charge in [0, 0.05) is 24.6 Å². The number of amides is 2. The third-order valence-corrected chi connectivity index (χ3v) is 6.23. The van der Waals surface area contributed by atoms with Crippen LogP contribution in [0.25, 0.3) is 0 Å². The number of hydrogen-bond acceptors (Lipinski definition) is 5. The van der Waals surface area contributed by atoms with Gasteiger partial charge >= 0.3 is 0 Å². The lowest BCUT2D eigenvalue weighted by molar-refractivity contribution is -0.116. The zero-order valence-electron chi connectivity index (χ0n) is 15.6. The third kappa shape index (κ3) is 6.51. The van der Waals surface area contributed by atoms with E-state index >= 15 is 0 Å². The molecule has 0 aromatic heterocycles. The lowest BCUT2D eigenvalue weighted by Crippen LogP contribution is -2.35. The molecule has 0 aliphatic heterocycles. The number of sulfonamides is 1. The first-order valence-corrected chi connectivity index (χ1v) is 10.6. The minimum Gasteiger partial charge on any atom is -0.326 e. The van der Waals surface area contributed by atoms with Crippen LogP contribution in [0.4, 0.5) is 20.2 Å². The average Bonchev–Trinajstić information content (AvgIpc) is 2.62. The molecule has 0 heterocycles. The highest BCUT2D eigenvalue weighted by molar-refractivity contribution is 7.99. The molecule has 2 aromatic rings. The number of halogens is 2. The van der Waals surface area contributed by atoms with Gasteiger partial charge in [-0.05, 0) is 36.4 Å². The predicted octanol–water partition coefficient (Wildman–Crippen LogP) is 3.22. The van der Waals surface area contributed by atoms with Crippen molar-refractivity contribution in [1.82, 2.24) is 4.31 Å². The number of thioether (sulfide) groups is 1. The average molecular weight is 443 g/mol. The molecule has 0 spiro atoms. The molecule has 0 radical (unpaired) electrons. The van der Waals surface area contributed by atoms with Gasteiger partial charge in [-0.15, -0.1) is 0 Å². The Morgan fingerprint density at radius 2 is 1.69 bits per heavy atom. The summed E-state index contributed by atoms with van der Waals surface area (Å²) in [5.41, 5.74) is 0.609. The van der Waals surface area contributed by atoms with E-state index in [0.29, 0.717) is 5.69 Å². The molecule has 0 fully saturated rings. The summed E-state index contributed by atoms with van der Waals surface area (Å²) in [4.78, 5) is 23.4. The lowest BCUT2D eigenvalue weighted by atomic mass is 10.3. The number of nitrogens with zero attached hydrogens (tertiary/aromatic N) is 1. The van der Waals surface area contributed by atoms with Gasteiger partial charge in [-0.1, -0.05) is 23.9 Å². The number of anilines is 2. The number of likely N-dealkylation sites (N-methyl/N-ethyl adjacent to an activating group) is 1. The topological polar surface area (TPSA) is 95.6 Å². The molecular weight excluding hydrogens is 424 g/mol. The van der Waals surface area contributed by atoms with Crippen LogP contribution in [0.5, 0.6) is 0 Å². The molecule has 0 saturated heterocycles. The van der Waals surface area contributed by atoms with Gasteiger partial charge in [-0.3, -0.25) is 9.59 Å². The maximum atomic E-state index is 12.6. The molecule has 0 unspecified atom stereocenters. The van der Waals surface area contributed by atoms with E-state index in [0.717, 1.165) is 4.31 Å². The van der Waals surface area contributed by atoms with Crippen LogP contribution in [0.2, 0.25) is 0 Å². The largest absolute Gasteiger partial charge is 0.326 e. The maximum Gasteiger partial charge on any atom is 0.288 e. The van der Waals surface area contributed by atoms with Gasteiger partial charge < -0.3 is 10.6 Å². The molecule has 2 amide bonds. The van der Waals surface area contributed by atoms with Crippen molar-refractivity contribution in [3.63, 3.8) is 0 Å². The SMILES string of the molecule is CC(=O)Nc1ccc(S(=O)(=O)N(C)CC(=O)Nc2ccccc2SC(F)F)cc1. The molecule has 0 atom stereocenters. The third-order valence-electron chi connectivity index (χ3n) is 3.63. The molecule has 0 bridgehead atoms. The van der Waals surface area contributed by atoms with Crippen LogP contribution in [-0.2, 0) is 19.6 Å². The van der Waals surface area contributed by atoms with Gasteiger partial charge in [0.25, 0.3) is 5.76 Å². The van der Waals surface area contributed by atoms with E-state index in [1.165, 1.54) is 50.4 Å². The van der Waals surface area contributed by atoms with Crippen LogP contribution in [-0.4, -0.2) is 43.9 Å². The summed E-state index contributed by atoms with van der Waals surface area (Å²) in [6.45, 7) is 0.818. The van der Waals surface area contributed by atoms with Crippen LogP contribution in [0.1, 0.15) is 6.92 Å². The second kappa shape index (κ2) is 9.81. The molecular formula is C18H19F2N3O4S2. The normalized spacial score (nSPS) is 11.5. The summed E-state index contributed by atoms with van der Waals surface area (Å²) in [7, 11) is -2.73. The van der Waals surface area contributed by atoms with Crippen LogP contribution >= 0.6 is 11.8 Å². The van der Waals surface area contributed by atoms with Crippen LogP contribution in [0.15, 0.2) is 58.3 Å². The van der Waals surface area contributed by atoms with E-state index in [1.807, 2.05) is 0 Å². The van der Waals surface area contributed by atoms with Crippen molar-refractivity contribution in [3.05, 3.63) is 48.5 Å². The van der Waals surface area contributed by atoms with Crippen LogP contribution in [0, 0.1) is 0 Å². The quantitative estimate of drug-likeness (QED) is 0.611. The Balaban J connectivity index is 2.08. The molecule has 156 valence electrons. The summed E-state index contributed by atoms with van der Waals surface area (Å²) in [6, 6.07) is 11.5. The van der Waals surface area contributed by atoms with Gasteiger partial charge in [0.2, 0.25) is 21.8 Å². The highest BCUT2D eigenvalue weighted by Crippen LogP contribution is 2.31. The minimum atomic E-state index is -3.97. The first-order chi connectivity index (χ1) is 13.6. The van der Waals surface area contributed by atoms with Crippen molar-refractivity contribution in [3.8, 4) is 0 Å². The Labute approximate surface area is 171 Å². The van der Waals surface area contributed by atoms with Crippen molar-refractivity contribution in [1.29, 1.82) is 0 Å². The molecule has 29 heavy (non-hydrogen) atoms. The highest BCUT2D eigenvalue weighted by Gasteiger charge is 2.23. The summed E-state index contributed by atoms with van der Waals surface area (Å²) in [5.74, 6) is -3.62. The molecule has 0 aliphatic rings. The van der Waals surface area contributed by atoms with Crippen LogP contribution < -0.4 is 10.6 Å². The van der Waals surface area contributed by atoms with Crippen molar-refractivity contribution in [2.75, 3.05) is 24.2 Å². The van der Waals surface area contributed by atoms with Crippen molar-refractivity contribution < 1.29 is 26.8 Å². The van der Waals surface area contributed by atoms with E-state index < -0.39 is 28.2 Å². The zero-order valence-corrected chi connectivity index (χ0v) is 17.2. The number of alkyl halides is 2. The molecule has 2 aromatic carbocycles. The lowest BCUT2D eigenvalue weighted by Gasteiger charge is -2.18. The summed E-state index contributed by atoms with van der Waals surface area (Å²) >= 11 is 0.284. The minimum absolute atomic E-state index is 0.0597. The van der Waals surface area contributed by atoms with Gasteiger partial charge in [0.1, 0.15) is 0 Å². The fourth-order valence-corrected chi connectivity index (χ4v) is 4.06. The number of rotatable bonds is 8.